The number of carbonyl (C=O) groups excluding carboxylic acids is 2. The summed E-state index contributed by atoms with van der Waals surface area (Å²) in [6.45, 7) is 5.98. The van der Waals surface area contributed by atoms with E-state index in [0.29, 0.717) is 49.9 Å². The molecule has 0 aromatic carbocycles. The van der Waals surface area contributed by atoms with Crippen LogP contribution in [0.15, 0.2) is 24.4 Å². The van der Waals surface area contributed by atoms with Gasteiger partial charge in [0.25, 0.3) is 5.91 Å². The van der Waals surface area contributed by atoms with Gasteiger partial charge in [-0.2, -0.15) is 0 Å². The Morgan fingerprint density at radius 3 is 2.96 bits per heavy atom. The molecule has 1 saturated heterocycles. The summed E-state index contributed by atoms with van der Waals surface area (Å²) in [4.78, 5) is 28.8. The van der Waals surface area contributed by atoms with Crippen molar-refractivity contribution in [3.63, 3.8) is 0 Å². The summed E-state index contributed by atoms with van der Waals surface area (Å²) in [5, 5.41) is 7.99. The zero-order chi connectivity index (χ0) is 18.7. The zero-order valence-corrected chi connectivity index (χ0v) is 15.5. The number of ether oxygens (including phenoxy) is 1. The highest BCUT2D eigenvalue weighted by Crippen LogP contribution is 2.15. The number of hydrogen-bond donors (Lipinski definition) is 0. The van der Waals surface area contributed by atoms with Crippen LogP contribution < -0.4 is 0 Å². The third kappa shape index (κ3) is 3.85. The zero-order valence-electron chi connectivity index (χ0n) is 15.5. The van der Waals surface area contributed by atoms with Crippen molar-refractivity contribution in [1.29, 1.82) is 0 Å². The van der Waals surface area contributed by atoms with E-state index in [2.05, 4.69) is 10.3 Å². The topological polar surface area (TPSA) is 80.0 Å². The molecule has 0 spiro atoms. The van der Waals surface area contributed by atoms with Crippen molar-refractivity contribution in [3.8, 4) is 0 Å². The third-order valence-electron chi connectivity index (χ3n) is 4.49. The van der Waals surface area contributed by atoms with Gasteiger partial charge in [-0.25, -0.2) is 4.52 Å². The molecule has 0 saturated carbocycles. The van der Waals surface area contributed by atoms with E-state index in [-0.39, 0.29) is 17.9 Å². The number of nitrogens with zero attached hydrogens (tertiary/aromatic N) is 5. The number of carbonyl (C=O) groups is 2. The lowest BCUT2D eigenvalue weighted by molar-refractivity contribution is -0.141. The fourth-order valence-corrected chi connectivity index (χ4v) is 3.18. The molecule has 0 N–H and O–H groups in total. The van der Waals surface area contributed by atoms with E-state index in [1.54, 1.807) is 22.7 Å². The summed E-state index contributed by atoms with van der Waals surface area (Å²) in [5.74, 6) is 0.199. The Hall–Kier alpha value is -2.48. The highest BCUT2D eigenvalue weighted by atomic mass is 16.5. The lowest BCUT2D eigenvalue weighted by Gasteiger charge is -2.38. The van der Waals surface area contributed by atoms with Gasteiger partial charge >= 0.3 is 0 Å². The van der Waals surface area contributed by atoms with Crippen molar-refractivity contribution < 1.29 is 14.3 Å². The minimum atomic E-state index is -0.215. The van der Waals surface area contributed by atoms with Crippen molar-refractivity contribution in [1.82, 2.24) is 24.6 Å². The Labute approximate surface area is 152 Å². The maximum Gasteiger partial charge on any atom is 0.276 e. The van der Waals surface area contributed by atoms with Gasteiger partial charge in [0, 0.05) is 32.8 Å². The molecule has 1 fully saturated rings. The van der Waals surface area contributed by atoms with Crippen LogP contribution in [0.25, 0.3) is 5.52 Å². The summed E-state index contributed by atoms with van der Waals surface area (Å²) in [5.41, 5.74) is 0.974. The van der Waals surface area contributed by atoms with Gasteiger partial charge in [0.05, 0.1) is 24.8 Å². The maximum absolute atomic E-state index is 12.8. The number of likely N-dealkylation sites (N-methyl/N-ethyl adjacent to an activating group) is 1. The Morgan fingerprint density at radius 2 is 2.19 bits per heavy atom. The monoisotopic (exact) mass is 359 g/mol. The lowest BCUT2D eigenvalue weighted by Crippen LogP contribution is -2.54. The molecule has 3 rings (SSSR count). The van der Waals surface area contributed by atoms with Crippen LogP contribution in [0.3, 0.4) is 0 Å². The number of morpholine rings is 1. The molecule has 3 heterocycles. The molecule has 0 bridgehead atoms. The second-order valence-corrected chi connectivity index (χ2v) is 7.07. The number of hydrogen-bond acceptors (Lipinski definition) is 5. The molecule has 2 aromatic rings. The first-order valence-corrected chi connectivity index (χ1v) is 8.90. The molecule has 0 aliphatic carbocycles. The maximum atomic E-state index is 12.8. The Morgan fingerprint density at radius 1 is 1.38 bits per heavy atom. The van der Waals surface area contributed by atoms with Gasteiger partial charge in [-0.05, 0) is 18.1 Å². The van der Waals surface area contributed by atoms with Crippen molar-refractivity contribution in [2.45, 2.75) is 26.3 Å². The summed E-state index contributed by atoms with van der Waals surface area (Å²) < 4.78 is 7.12. The lowest BCUT2D eigenvalue weighted by atomic mass is 10.1. The van der Waals surface area contributed by atoms with Crippen molar-refractivity contribution in [3.05, 3.63) is 30.1 Å². The quantitative estimate of drug-likeness (QED) is 0.798. The van der Waals surface area contributed by atoms with Crippen LogP contribution >= 0.6 is 0 Å². The molecule has 8 heteroatoms. The van der Waals surface area contributed by atoms with Crippen LogP contribution in [0.4, 0.5) is 0 Å². The van der Waals surface area contributed by atoms with Crippen LogP contribution in [0.5, 0.6) is 0 Å². The highest BCUT2D eigenvalue weighted by Gasteiger charge is 2.30. The Balaban J connectivity index is 1.71. The highest BCUT2D eigenvalue weighted by molar-refractivity contribution is 5.98. The molecule has 2 amide bonds. The average Bonchev–Trinajstić information content (AvgIpc) is 3.05. The minimum Gasteiger partial charge on any atom is -0.377 e. The molecule has 2 aromatic heterocycles. The fraction of sp³-hybridized carbons (Fsp3) is 0.556. The summed E-state index contributed by atoms with van der Waals surface area (Å²) in [6, 6.07) is 5.34. The minimum absolute atomic E-state index is 0.114. The summed E-state index contributed by atoms with van der Waals surface area (Å²) >= 11 is 0. The van der Waals surface area contributed by atoms with E-state index < -0.39 is 0 Å². The van der Waals surface area contributed by atoms with Gasteiger partial charge in [0.1, 0.15) is 0 Å². The second-order valence-electron chi connectivity index (χ2n) is 7.07. The SMILES string of the molecule is CC(C)CC(=O)N1CCOCC1CN(C)C(=O)c1nnn2ccccc12. The van der Waals surface area contributed by atoms with E-state index in [1.807, 2.05) is 36.9 Å². The van der Waals surface area contributed by atoms with Crippen LogP contribution in [0.1, 0.15) is 30.8 Å². The van der Waals surface area contributed by atoms with Gasteiger partial charge in [-0.3, -0.25) is 9.59 Å². The van der Waals surface area contributed by atoms with Crippen LogP contribution in [0, 0.1) is 5.92 Å². The molecular weight excluding hydrogens is 334 g/mol. The molecule has 1 aliphatic rings. The van der Waals surface area contributed by atoms with Crippen molar-refractivity contribution in [2.75, 3.05) is 33.4 Å². The van der Waals surface area contributed by atoms with E-state index in [4.69, 9.17) is 4.74 Å². The number of amides is 2. The molecule has 0 radical (unpaired) electrons. The molecule has 140 valence electrons. The summed E-state index contributed by atoms with van der Waals surface area (Å²) in [7, 11) is 1.72. The molecule has 1 aliphatic heterocycles. The molecule has 1 unspecified atom stereocenters. The first kappa shape index (κ1) is 18.3. The van der Waals surface area contributed by atoms with Crippen LogP contribution in [-0.2, 0) is 9.53 Å². The number of pyridine rings is 1. The molecular formula is C18H25N5O3. The van der Waals surface area contributed by atoms with Gasteiger partial charge in [0.2, 0.25) is 5.91 Å². The standard InChI is InChI=1S/C18H25N5O3/c1-13(2)10-16(24)22-8-9-26-12-14(22)11-21(3)18(25)17-15-6-4-5-7-23(15)20-19-17/h4-7,13-14H,8-12H2,1-3H3. The van der Waals surface area contributed by atoms with Crippen LogP contribution in [-0.4, -0.2) is 75.8 Å². The molecule has 1 atom stereocenters. The van der Waals surface area contributed by atoms with Crippen molar-refractivity contribution >= 4 is 17.3 Å². The fourth-order valence-electron chi connectivity index (χ4n) is 3.18. The smallest absolute Gasteiger partial charge is 0.276 e. The molecule has 8 nitrogen and oxygen atoms in total. The van der Waals surface area contributed by atoms with Crippen LogP contribution in [0.2, 0.25) is 0 Å². The van der Waals surface area contributed by atoms with Gasteiger partial charge in [0.15, 0.2) is 5.69 Å². The Kier molecular flexibility index (Phi) is 5.51. The second kappa shape index (κ2) is 7.82. The van der Waals surface area contributed by atoms with Gasteiger partial charge in [-0.15, -0.1) is 5.10 Å². The predicted molar refractivity (Wildman–Crippen MR) is 95.7 cm³/mol. The van der Waals surface area contributed by atoms with E-state index >= 15 is 0 Å². The van der Waals surface area contributed by atoms with E-state index in [0.717, 1.165) is 0 Å². The van der Waals surface area contributed by atoms with E-state index in [9.17, 15) is 9.59 Å². The molecule has 26 heavy (non-hydrogen) atoms. The average molecular weight is 359 g/mol. The number of fused-ring (bicyclic) bond motifs is 1. The predicted octanol–water partition coefficient (Wildman–Crippen LogP) is 1.07. The number of aromatic nitrogens is 3. The summed E-state index contributed by atoms with van der Waals surface area (Å²) in [6.07, 6.45) is 2.25. The van der Waals surface area contributed by atoms with Crippen molar-refractivity contribution in [2.24, 2.45) is 5.92 Å². The Bertz CT molecular complexity index is 788. The normalized spacial score (nSPS) is 17.7. The van der Waals surface area contributed by atoms with E-state index in [1.165, 1.54) is 0 Å². The first-order chi connectivity index (χ1) is 12.5. The van der Waals surface area contributed by atoms with Gasteiger partial charge in [-0.1, -0.05) is 25.1 Å². The van der Waals surface area contributed by atoms with Gasteiger partial charge < -0.3 is 14.5 Å². The first-order valence-electron chi connectivity index (χ1n) is 8.90. The third-order valence-corrected chi connectivity index (χ3v) is 4.49. The largest absolute Gasteiger partial charge is 0.377 e. The number of rotatable bonds is 5.